The molecule has 2 aromatic heterocycles. The third-order valence-corrected chi connectivity index (χ3v) is 4.05. The van der Waals surface area contributed by atoms with E-state index in [9.17, 15) is 14.4 Å². The Bertz CT molecular complexity index is 958. The highest BCUT2D eigenvalue weighted by Crippen LogP contribution is 2.24. The van der Waals surface area contributed by atoms with E-state index in [0.29, 0.717) is 21.5 Å². The Kier molecular flexibility index (Phi) is 3.94. The summed E-state index contributed by atoms with van der Waals surface area (Å²) in [6.07, 6.45) is 0. The van der Waals surface area contributed by atoms with Gasteiger partial charge in [-0.25, -0.2) is 0 Å². The molecule has 0 aliphatic carbocycles. The van der Waals surface area contributed by atoms with Gasteiger partial charge in [0, 0.05) is 13.1 Å². The topological polar surface area (TPSA) is 88.4 Å². The summed E-state index contributed by atoms with van der Waals surface area (Å²) >= 11 is 1.21. The highest BCUT2D eigenvalue weighted by molar-refractivity contribution is 7.14. The SMILES string of the molecule is CNC(=O)c1ccsc1NC(=O)c1cc(=O)c2ccccc2o1. The number of fused-ring (bicyclic) bond motifs is 1. The van der Waals surface area contributed by atoms with E-state index < -0.39 is 5.91 Å². The number of hydrogen-bond donors (Lipinski definition) is 2. The van der Waals surface area contributed by atoms with Crippen molar-refractivity contribution in [1.29, 1.82) is 0 Å². The van der Waals surface area contributed by atoms with Gasteiger partial charge < -0.3 is 15.1 Å². The lowest BCUT2D eigenvalue weighted by Crippen LogP contribution is -2.20. The maximum absolute atomic E-state index is 12.3. The Morgan fingerprint density at radius 3 is 2.70 bits per heavy atom. The largest absolute Gasteiger partial charge is 0.451 e. The zero-order chi connectivity index (χ0) is 16.4. The number of rotatable bonds is 3. The first-order valence-corrected chi connectivity index (χ1v) is 7.62. The molecule has 7 heteroatoms. The Hall–Kier alpha value is -2.93. The second-order valence-electron chi connectivity index (χ2n) is 4.67. The van der Waals surface area contributed by atoms with E-state index >= 15 is 0 Å². The molecule has 6 nitrogen and oxygen atoms in total. The van der Waals surface area contributed by atoms with Gasteiger partial charge >= 0.3 is 0 Å². The number of nitrogens with one attached hydrogen (secondary N) is 2. The van der Waals surface area contributed by atoms with Gasteiger partial charge in [0.2, 0.25) is 0 Å². The first-order chi connectivity index (χ1) is 11.1. The van der Waals surface area contributed by atoms with Crippen LogP contribution in [-0.2, 0) is 0 Å². The number of carbonyl (C=O) groups excluding carboxylic acids is 2. The van der Waals surface area contributed by atoms with Gasteiger partial charge in [-0.1, -0.05) is 12.1 Å². The quantitative estimate of drug-likeness (QED) is 0.773. The Morgan fingerprint density at radius 2 is 1.91 bits per heavy atom. The summed E-state index contributed by atoms with van der Waals surface area (Å²) < 4.78 is 5.47. The number of thiophene rings is 1. The summed E-state index contributed by atoms with van der Waals surface area (Å²) in [5, 5.41) is 7.59. The molecule has 0 bridgehead atoms. The number of carbonyl (C=O) groups is 2. The van der Waals surface area contributed by atoms with Crippen molar-refractivity contribution in [3.8, 4) is 0 Å². The number of anilines is 1. The fourth-order valence-corrected chi connectivity index (χ4v) is 2.88. The first kappa shape index (κ1) is 15.0. The molecule has 0 atom stereocenters. The molecule has 1 aromatic carbocycles. The zero-order valence-electron chi connectivity index (χ0n) is 12.1. The van der Waals surface area contributed by atoms with Crippen LogP contribution in [0.5, 0.6) is 0 Å². The van der Waals surface area contributed by atoms with Gasteiger partial charge in [0.25, 0.3) is 11.8 Å². The van der Waals surface area contributed by atoms with E-state index in [-0.39, 0.29) is 17.1 Å². The van der Waals surface area contributed by atoms with E-state index in [2.05, 4.69) is 10.6 Å². The molecule has 3 rings (SSSR count). The normalized spacial score (nSPS) is 10.5. The van der Waals surface area contributed by atoms with Crippen molar-refractivity contribution in [1.82, 2.24) is 5.32 Å². The minimum Gasteiger partial charge on any atom is -0.451 e. The molecule has 0 saturated heterocycles. The second kappa shape index (κ2) is 6.05. The molecular formula is C16H12N2O4S. The predicted molar refractivity (Wildman–Crippen MR) is 88.1 cm³/mol. The molecule has 0 aliphatic rings. The van der Waals surface area contributed by atoms with E-state index in [1.807, 2.05) is 0 Å². The van der Waals surface area contributed by atoms with Crippen LogP contribution in [0.4, 0.5) is 5.00 Å². The van der Waals surface area contributed by atoms with Crippen molar-refractivity contribution < 1.29 is 14.0 Å². The maximum atomic E-state index is 12.3. The lowest BCUT2D eigenvalue weighted by atomic mass is 10.2. The van der Waals surface area contributed by atoms with Crippen LogP contribution in [0, 0.1) is 0 Å². The first-order valence-electron chi connectivity index (χ1n) is 6.74. The van der Waals surface area contributed by atoms with Crippen LogP contribution in [0.1, 0.15) is 20.9 Å². The smallest absolute Gasteiger partial charge is 0.292 e. The predicted octanol–water partition coefficient (Wildman–Crippen LogP) is 2.47. The molecule has 0 aliphatic heterocycles. The van der Waals surface area contributed by atoms with E-state index in [0.717, 1.165) is 6.07 Å². The van der Waals surface area contributed by atoms with Crippen LogP contribution < -0.4 is 16.1 Å². The van der Waals surface area contributed by atoms with Gasteiger partial charge in [-0.15, -0.1) is 11.3 Å². The fraction of sp³-hybridized carbons (Fsp3) is 0.0625. The Balaban J connectivity index is 1.94. The van der Waals surface area contributed by atoms with Crippen molar-refractivity contribution in [2.75, 3.05) is 12.4 Å². The van der Waals surface area contributed by atoms with Gasteiger partial charge in [0.15, 0.2) is 11.2 Å². The van der Waals surface area contributed by atoms with Crippen molar-refractivity contribution >= 4 is 39.1 Å². The molecule has 0 saturated carbocycles. The van der Waals surface area contributed by atoms with Gasteiger partial charge in [-0.3, -0.25) is 14.4 Å². The average molecular weight is 328 g/mol. The Morgan fingerprint density at radius 1 is 1.13 bits per heavy atom. The third-order valence-electron chi connectivity index (χ3n) is 3.22. The fourth-order valence-electron chi connectivity index (χ4n) is 2.10. The summed E-state index contributed by atoms with van der Waals surface area (Å²) in [5.74, 6) is -0.994. The van der Waals surface area contributed by atoms with Crippen molar-refractivity contribution in [3.05, 3.63) is 63.3 Å². The number of amides is 2. The van der Waals surface area contributed by atoms with E-state index in [4.69, 9.17) is 4.42 Å². The molecule has 3 aromatic rings. The Labute approximate surface area is 134 Å². The van der Waals surface area contributed by atoms with Gasteiger partial charge in [0.05, 0.1) is 10.9 Å². The highest BCUT2D eigenvalue weighted by Gasteiger charge is 2.17. The molecule has 2 heterocycles. The maximum Gasteiger partial charge on any atom is 0.292 e. The van der Waals surface area contributed by atoms with Crippen molar-refractivity contribution in [2.24, 2.45) is 0 Å². The van der Waals surface area contributed by atoms with Crippen LogP contribution in [0.25, 0.3) is 11.0 Å². The van der Waals surface area contributed by atoms with E-state index in [1.165, 1.54) is 18.4 Å². The van der Waals surface area contributed by atoms with Crippen molar-refractivity contribution in [3.63, 3.8) is 0 Å². The number of para-hydroxylation sites is 1. The molecule has 2 N–H and O–H groups in total. The third kappa shape index (κ3) is 2.86. The summed E-state index contributed by atoms with van der Waals surface area (Å²) in [5.41, 5.74) is 0.395. The van der Waals surface area contributed by atoms with E-state index in [1.54, 1.807) is 35.7 Å². The minimum absolute atomic E-state index is 0.107. The lowest BCUT2D eigenvalue weighted by Gasteiger charge is -2.06. The summed E-state index contributed by atoms with van der Waals surface area (Å²) in [4.78, 5) is 36.0. The zero-order valence-corrected chi connectivity index (χ0v) is 12.9. The molecular weight excluding hydrogens is 316 g/mol. The highest BCUT2D eigenvalue weighted by atomic mass is 32.1. The van der Waals surface area contributed by atoms with Gasteiger partial charge in [0.1, 0.15) is 10.6 Å². The average Bonchev–Trinajstić information content (AvgIpc) is 3.02. The summed E-state index contributed by atoms with van der Waals surface area (Å²) in [6.45, 7) is 0. The van der Waals surface area contributed by atoms with Crippen LogP contribution >= 0.6 is 11.3 Å². The molecule has 0 spiro atoms. The van der Waals surface area contributed by atoms with Crippen LogP contribution in [0.3, 0.4) is 0 Å². The molecule has 23 heavy (non-hydrogen) atoms. The van der Waals surface area contributed by atoms with Crippen LogP contribution in [0.2, 0.25) is 0 Å². The molecule has 0 radical (unpaired) electrons. The molecule has 116 valence electrons. The lowest BCUT2D eigenvalue weighted by molar-refractivity contribution is 0.0964. The molecule has 0 fully saturated rings. The minimum atomic E-state index is -0.583. The second-order valence-corrected chi connectivity index (χ2v) is 5.58. The van der Waals surface area contributed by atoms with Crippen molar-refractivity contribution in [2.45, 2.75) is 0 Å². The monoisotopic (exact) mass is 328 g/mol. The number of hydrogen-bond acceptors (Lipinski definition) is 5. The molecule has 2 amide bonds. The van der Waals surface area contributed by atoms with Gasteiger partial charge in [-0.05, 0) is 23.6 Å². The van der Waals surface area contributed by atoms with Crippen LogP contribution in [0.15, 0.2) is 51.0 Å². The van der Waals surface area contributed by atoms with Gasteiger partial charge in [-0.2, -0.15) is 0 Å². The summed E-state index contributed by atoms with van der Waals surface area (Å²) in [7, 11) is 1.51. The van der Waals surface area contributed by atoms with Crippen LogP contribution in [-0.4, -0.2) is 18.9 Å². The molecule has 0 unspecified atom stereocenters. The standard InChI is InChI=1S/C16H12N2O4S/c1-17-14(20)10-6-7-23-16(10)18-15(21)13-8-11(19)9-4-2-3-5-12(9)22-13/h2-8H,1H3,(H,17,20)(H,18,21). The number of benzene rings is 1. The summed E-state index contributed by atoms with van der Waals surface area (Å²) in [6, 6.07) is 9.44.